The maximum atomic E-state index is 13.5. The van der Waals surface area contributed by atoms with Gasteiger partial charge in [0, 0.05) is 18.2 Å². The molecule has 0 fully saturated rings. The number of rotatable bonds is 11. The van der Waals surface area contributed by atoms with Crippen LogP contribution in [0.1, 0.15) is 50.0 Å². The largest absolute Gasteiger partial charge is 0.352 e. The Morgan fingerprint density at radius 2 is 1.65 bits per heavy atom. The average molecular weight is 488 g/mol. The molecule has 184 valence electrons. The van der Waals surface area contributed by atoms with Crippen molar-refractivity contribution in [2.75, 3.05) is 17.1 Å². The van der Waals surface area contributed by atoms with E-state index >= 15 is 0 Å². The monoisotopic (exact) mass is 487 g/mol. The fourth-order valence-electron chi connectivity index (χ4n) is 3.32. The van der Waals surface area contributed by atoms with E-state index in [1.54, 1.807) is 19.1 Å². The average Bonchev–Trinajstić information content (AvgIpc) is 2.80. The summed E-state index contributed by atoms with van der Waals surface area (Å²) in [7, 11) is -3.86. The van der Waals surface area contributed by atoms with Gasteiger partial charge in [-0.3, -0.25) is 18.7 Å². The molecule has 2 aromatic rings. The molecule has 0 aliphatic carbocycles. The zero-order valence-corrected chi connectivity index (χ0v) is 21.1. The second kappa shape index (κ2) is 11.8. The molecule has 8 nitrogen and oxygen atoms in total. The lowest BCUT2D eigenvalue weighted by atomic mass is 10.1. The zero-order chi connectivity index (χ0) is 25.5. The lowest BCUT2D eigenvalue weighted by Crippen LogP contribution is -2.52. The summed E-state index contributed by atoms with van der Waals surface area (Å²) in [6.07, 6.45) is 1.74. The Balaban J connectivity index is 2.40. The van der Waals surface area contributed by atoms with Crippen LogP contribution in [0, 0.1) is 0 Å². The highest BCUT2D eigenvalue weighted by atomic mass is 32.2. The first kappa shape index (κ1) is 27.0. The Hall–Kier alpha value is -3.20. The van der Waals surface area contributed by atoms with Gasteiger partial charge in [0.2, 0.25) is 21.8 Å². The summed E-state index contributed by atoms with van der Waals surface area (Å²) in [6.45, 7) is 6.46. The molecule has 2 rings (SSSR count). The van der Waals surface area contributed by atoms with E-state index in [9.17, 15) is 22.8 Å². The molecular formula is C25H33N3O5S. The molecule has 0 aromatic heterocycles. The minimum absolute atomic E-state index is 0.0644. The molecule has 0 bridgehead atoms. The van der Waals surface area contributed by atoms with Gasteiger partial charge in [0.15, 0.2) is 5.78 Å². The molecule has 0 aliphatic heterocycles. The van der Waals surface area contributed by atoms with E-state index < -0.39 is 28.5 Å². The van der Waals surface area contributed by atoms with E-state index in [1.165, 1.54) is 24.0 Å². The van der Waals surface area contributed by atoms with E-state index in [0.717, 1.165) is 22.5 Å². The molecule has 34 heavy (non-hydrogen) atoms. The van der Waals surface area contributed by atoms with E-state index in [-0.39, 0.29) is 30.0 Å². The first-order valence-corrected chi connectivity index (χ1v) is 13.0. The molecule has 0 spiro atoms. The Morgan fingerprint density at radius 3 is 2.21 bits per heavy atom. The summed E-state index contributed by atoms with van der Waals surface area (Å²) < 4.78 is 26.2. The number of nitrogens with one attached hydrogen (secondary N) is 1. The number of amides is 2. The van der Waals surface area contributed by atoms with Gasteiger partial charge < -0.3 is 10.2 Å². The highest BCUT2D eigenvalue weighted by molar-refractivity contribution is 7.92. The number of anilines is 1. The van der Waals surface area contributed by atoms with Gasteiger partial charge in [-0.2, -0.15) is 0 Å². The first-order chi connectivity index (χ1) is 15.9. The topological polar surface area (TPSA) is 104 Å². The van der Waals surface area contributed by atoms with E-state index in [2.05, 4.69) is 5.32 Å². The van der Waals surface area contributed by atoms with Crippen molar-refractivity contribution >= 4 is 33.3 Å². The second-order valence-electron chi connectivity index (χ2n) is 8.38. The van der Waals surface area contributed by atoms with Gasteiger partial charge in [-0.05, 0) is 44.9 Å². The molecule has 2 aromatic carbocycles. The first-order valence-electron chi connectivity index (χ1n) is 11.2. The Morgan fingerprint density at radius 1 is 1.00 bits per heavy atom. The van der Waals surface area contributed by atoms with Crippen LogP contribution in [0.25, 0.3) is 0 Å². The summed E-state index contributed by atoms with van der Waals surface area (Å²) in [5.74, 6) is -1.07. The summed E-state index contributed by atoms with van der Waals surface area (Å²) >= 11 is 0. The Labute approximate surface area is 202 Å². The summed E-state index contributed by atoms with van der Waals surface area (Å²) in [6, 6.07) is 14.4. The molecular weight excluding hydrogens is 454 g/mol. The molecule has 1 N–H and O–H groups in total. The number of sulfonamides is 1. The zero-order valence-electron chi connectivity index (χ0n) is 20.3. The minimum Gasteiger partial charge on any atom is -0.352 e. The van der Waals surface area contributed by atoms with Gasteiger partial charge >= 0.3 is 0 Å². The van der Waals surface area contributed by atoms with E-state index in [1.807, 2.05) is 44.2 Å². The molecule has 0 saturated carbocycles. The van der Waals surface area contributed by atoms with Crippen molar-refractivity contribution in [2.45, 2.75) is 52.7 Å². The standard InChI is InChI=1S/C25H33N3O5S/c1-6-18(2)26-25(31)19(3)27(16-21-11-8-7-9-12-21)24(30)17-28(34(5,32)33)23-14-10-13-22(15-23)20(4)29/h7-15,18-19H,6,16-17H2,1-5H3,(H,26,31)/t18-,19-/m1/s1. The van der Waals surface area contributed by atoms with E-state index in [0.29, 0.717) is 5.56 Å². The molecule has 0 radical (unpaired) electrons. The third-order valence-electron chi connectivity index (χ3n) is 5.58. The predicted molar refractivity (Wildman–Crippen MR) is 133 cm³/mol. The van der Waals surface area contributed by atoms with Gasteiger partial charge in [-0.25, -0.2) is 8.42 Å². The number of hydrogen-bond acceptors (Lipinski definition) is 5. The van der Waals surface area contributed by atoms with Crippen molar-refractivity contribution in [3.63, 3.8) is 0 Å². The summed E-state index contributed by atoms with van der Waals surface area (Å²) in [5, 5.41) is 2.88. The van der Waals surface area contributed by atoms with Crippen LogP contribution in [0.15, 0.2) is 54.6 Å². The fourth-order valence-corrected chi connectivity index (χ4v) is 4.16. The van der Waals surface area contributed by atoms with Crippen molar-refractivity contribution < 1.29 is 22.8 Å². The number of benzene rings is 2. The van der Waals surface area contributed by atoms with Crippen molar-refractivity contribution in [2.24, 2.45) is 0 Å². The van der Waals surface area contributed by atoms with Crippen molar-refractivity contribution in [1.29, 1.82) is 0 Å². The molecule has 2 atom stereocenters. The third-order valence-corrected chi connectivity index (χ3v) is 6.72. The maximum absolute atomic E-state index is 13.5. The number of hydrogen-bond donors (Lipinski definition) is 1. The van der Waals surface area contributed by atoms with Crippen LogP contribution in [0.5, 0.6) is 0 Å². The van der Waals surface area contributed by atoms with Gasteiger partial charge in [-0.15, -0.1) is 0 Å². The van der Waals surface area contributed by atoms with Gasteiger partial charge in [-0.1, -0.05) is 49.4 Å². The van der Waals surface area contributed by atoms with Crippen LogP contribution in [-0.2, 0) is 26.2 Å². The minimum atomic E-state index is -3.86. The number of Topliss-reactive ketones (excluding diaryl/α,β-unsaturated/α-hetero) is 1. The van der Waals surface area contributed by atoms with Gasteiger partial charge in [0.1, 0.15) is 12.6 Å². The van der Waals surface area contributed by atoms with Crippen LogP contribution >= 0.6 is 0 Å². The molecule has 2 amide bonds. The van der Waals surface area contributed by atoms with Crippen molar-refractivity contribution in [3.8, 4) is 0 Å². The predicted octanol–water partition coefficient (Wildman–Crippen LogP) is 2.99. The molecule has 0 saturated heterocycles. The number of nitrogens with zero attached hydrogens (tertiary/aromatic N) is 2. The molecule has 0 unspecified atom stereocenters. The third kappa shape index (κ3) is 7.41. The maximum Gasteiger partial charge on any atom is 0.244 e. The quantitative estimate of drug-likeness (QED) is 0.491. The van der Waals surface area contributed by atoms with Gasteiger partial charge in [0.25, 0.3) is 0 Å². The molecule has 9 heteroatoms. The highest BCUT2D eigenvalue weighted by Gasteiger charge is 2.30. The van der Waals surface area contributed by atoms with Crippen LogP contribution in [0.4, 0.5) is 5.69 Å². The van der Waals surface area contributed by atoms with Gasteiger partial charge in [0.05, 0.1) is 11.9 Å². The molecule has 0 aliphatic rings. The van der Waals surface area contributed by atoms with Crippen LogP contribution in [0.3, 0.4) is 0 Å². The van der Waals surface area contributed by atoms with Crippen LogP contribution in [-0.4, -0.2) is 55.8 Å². The number of carbonyl (C=O) groups is 3. The fraction of sp³-hybridized carbons (Fsp3) is 0.400. The number of carbonyl (C=O) groups excluding carboxylic acids is 3. The molecule has 0 heterocycles. The van der Waals surface area contributed by atoms with Crippen molar-refractivity contribution in [3.05, 3.63) is 65.7 Å². The lowest BCUT2D eigenvalue weighted by molar-refractivity contribution is -0.139. The smallest absolute Gasteiger partial charge is 0.244 e. The Kier molecular flexibility index (Phi) is 9.37. The lowest BCUT2D eigenvalue weighted by Gasteiger charge is -2.32. The summed E-state index contributed by atoms with van der Waals surface area (Å²) in [4.78, 5) is 39.5. The highest BCUT2D eigenvalue weighted by Crippen LogP contribution is 2.21. The van der Waals surface area contributed by atoms with Crippen LogP contribution in [0.2, 0.25) is 0 Å². The normalized spacial score (nSPS) is 13.0. The van der Waals surface area contributed by atoms with Crippen LogP contribution < -0.4 is 9.62 Å². The Bertz CT molecular complexity index is 1120. The van der Waals surface area contributed by atoms with Crippen molar-refractivity contribution in [1.82, 2.24) is 10.2 Å². The van der Waals surface area contributed by atoms with E-state index in [4.69, 9.17) is 0 Å². The SMILES string of the molecule is CC[C@@H](C)NC(=O)[C@@H](C)N(Cc1ccccc1)C(=O)CN(c1cccc(C(C)=O)c1)S(C)(=O)=O. The summed E-state index contributed by atoms with van der Waals surface area (Å²) in [5.41, 5.74) is 1.35. The second-order valence-corrected chi connectivity index (χ2v) is 10.3. The number of ketones is 1.